The van der Waals surface area contributed by atoms with Crippen LogP contribution in [0.2, 0.25) is 0 Å². The second-order valence-corrected chi connectivity index (χ2v) is 7.94. The zero-order valence-electron chi connectivity index (χ0n) is 20.6. The van der Waals surface area contributed by atoms with Gasteiger partial charge in [-0.1, -0.05) is 42.5 Å². The summed E-state index contributed by atoms with van der Waals surface area (Å²) < 4.78 is 22.2. The second kappa shape index (κ2) is 12.6. The summed E-state index contributed by atoms with van der Waals surface area (Å²) in [5, 5.41) is 9.24. The van der Waals surface area contributed by atoms with Crippen LogP contribution >= 0.6 is 0 Å². The first-order chi connectivity index (χ1) is 17.0. The molecule has 0 aliphatic heterocycles. The van der Waals surface area contributed by atoms with Crippen molar-refractivity contribution in [1.82, 2.24) is 0 Å². The van der Waals surface area contributed by atoms with Crippen LogP contribution in [0.5, 0.6) is 17.2 Å². The average molecular weight is 477 g/mol. The van der Waals surface area contributed by atoms with Gasteiger partial charge < -0.3 is 24.1 Å². The van der Waals surface area contributed by atoms with Crippen molar-refractivity contribution < 1.29 is 28.8 Å². The molecule has 0 aliphatic carbocycles. The zero-order chi connectivity index (χ0) is 25.2. The third-order valence-corrected chi connectivity index (χ3v) is 5.68. The minimum absolute atomic E-state index is 0.319. The summed E-state index contributed by atoms with van der Waals surface area (Å²) in [7, 11) is 3.31. The van der Waals surface area contributed by atoms with Gasteiger partial charge in [0.05, 0.1) is 19.8 Å². The lowest BCUT2D eigenvalue weighted by molar-refractivity contribution is -0.149. The maximum absolute atomic E-state index is 11.3. The van der Waals surface area contributed by atoms with Crippen LogP contribution in [0.15, 0.2) is 72.8 Å². The van der Waals surface area contributed by atoms with E-state index < -0.39 is 12.1 Å². The summed E-state index contributed by atoms with van der Waals surface area (Å²) in [4.78, 5) is 11.3. The first-order valence-corrected chi connectivity index (χ1v) is 11.5. The molecule has 184 valence electrons. The predicted molar refractivity (Wildman–Crippen MR) is 137 cm³/mol. The maximum atomic E-state index is 11.3. The molecule has 6 heteroatoms. The Labute approximate surface area is 206 Å². The van der Waals surface area contributed by atoms with Gasteiger partial charge in [0.25, 0.3) is 0 Å². The van der Waals surface area contributed by atoms with Crippen molar-refractivity contribution in [2.75, 3.05) is 27.4 Å². The minimum Gasteiger partial charge on any atom is -0.496 e. The van der Waals surface area contributed by atoms with E-state index in [1.165, 1.54) is 0 Å². The van der Waals surface area contributed by atoms with Crippen LogP contribution in [0.1, 0.15) is 25.0 Å². The van der Waals surface area contributed by atoms with Crippen molar-refractivity contribution in [2.45, 2.75) is 26.4 Å². The maximum Gasteiger partial charge on any atom is 0.333 e. The van der Waals surface area contributed by atoms with E-state index in [1.807, 2.05) is 55.5 Å². The summed E-state index contributed by atoms with van der Waals surface area (Å²) in [5.74, 6) is 1.29. The molecule has 1 atom stereocenters. The Hall–Kier alpha value is -3.77. The first-order valence-electron chi connectivity index (χ1n) is 11.5. The van der Waals surface area contributed by atoms with E-state index in [1.54, 1.807) is 21.1 Å². The number of benzene rings is 3. The highest BCUT2D eigenvalue weighted by atomic mass is 16.5. The standard InChI is InChI=1S/C29H32O6/c1-5-34-27(29(30)31)19-21-9-15-24(16-10-21)35-18-17-20(2)22-11-13-23(14-12-22)28-25(32-3)7-6-8-26(28)33-4/h6-17,27H,5,18-19H2,1-4H3,(H,30,31)/b20-17-. The van der Waals surface area contributed by atoms with Gasteiger partial charge in [-0.15, -0.1) is 0 Å². The number of carbonyl (C=O) groups is 1. The Morgan fingerprint density at radius 2 is 1.57 bits per heavy atom. The SMILES string of the molecule is CCOC(Cc1ccc(OC/C=C(/C)c2ccc(-c3c(OC)cccc3OC)cc2)cc1)C(=O)O. The van der Waals surface area contributed by atoms with Crippen LogP contribution in [0.25, 0.3) is 16.7 Å². The van der Waals surface area contributed by atoms with Crippen molar-refractivity contribution in [3.8, 4) is 28.4 Å². The van der Waals surface area contributed by atoms with Gasteiger partial charge in [0.15, 0.2) is 6.10 Å². The normalized spacial score (nSPS) is 12.2. The lowest BCUT2D eigenvalue weighted by atomic mass is 9.99. The summed E-state index contributed by atoms with van der Waals surface area (Å²) >= 11 is 0. The molecule has 0 radical (unpaired) electrons. The Morgan fingerprint density at radius 3 is 2.11 bits per heavy atom. The number of hydrogen-bond donors (Lipinski definition) is 1. The molecular formula is C29H32O6. The van der Waals surface area contributed by atoms with Crippen molar-refractivity contribution in [2.24, 2.45) is 0 Å². The van der Waals surface area contributed by atoms with Crippen LogP contribution < -0.4 is 14.2 Å². The van der Waals surface area contributed by atoms with Gasteiger partial charge in [-0.2, -0.15) is 0 Å². The summed E-state index contributed by atoms with van der Waals surface area (Å²) in [6.45, 7) is 4.62. The number of hydrogen-bond acceptors (Lipinski definition) is 5. The molecule has 0 saturated heterocycles. The predicted octanol–water partition coefficient (Wildman–Crippen LogP) is 5.89. The van der Waals surface area contributed by atoms with Crippen LogP contribution in [0, 0.1) is 0 Å². The fourth-order valence-corrected chi connectivity index (χ4v) is 3.77. The van der Waals surface area contributed by atoms with Gasteiger partial charge in [0.1, 0.15) is 23.9 Å². The molecule has 0 fully saturated rings. The molecule has 0 aliphatic rings. The van der Waals surface area contributed by atoms with Crippen LogP contribution in [0.4, 0.5) is 0 Å². The molecule has 3 aromatic carbocycles. The third kappa shape index (κ3) is 6.87. The molecule has 1 unspecified atom stereocenters. The quantitative estimate of drug-likeness (QED) is 0.352. The molecular weight excluding hydrogens is 444 g/mol. The van der Waals surface area contributed by atoms with Crippen molar-refractivity contribution >= 4 is 11.5 Å². The van der Waals surface area contributed by atoms with Crippen molar-refractivity contribution in [1.29, 1.82) is 0 Å². The molecule has 0 heterocycles. The molecule has 0 amide bonds. The van der Waals surface area contributed by atoms with E-state index in [4.69, 9.17) is 18.9 Å². The van der Waals surface area contributed by atoms with Crippen LogP contribution in [-0.2, 0) is 16.0 Å². The molecule has 3 aromatic rings. The van der Waals surface area contributed by atoms with Gasteiger partial charge >= 0.3 is 5.97 Å². The van der Waals surface area contributed by atoms with E-state index in [-0.39, 0.29) is 0 Å². The van der Waals surface area contributed by atoms with Crippen molar-refractivity contribution in [3.05, 3.63) is 83.9 Å². The zero-order valence-corrected chi connectivity index (χ0v) is 20.6. The van der Waals surface area contributed by atoms with Gasteiger partial charge in [-0.25, -0.2) is 4.79 Å². The molecule has 35 heavy (non-hydrogen) atoms. The fraction of sp³-hybridized carbons (Fsp3) is 0.276. The average Bonchev–Trinajstić information content (AvgIpc) is 2.88. The highest BCUT2D eigenvalue weighted by molar-refractivity contribution is 5.78. The molecule has 6 nitrogen and oxygen atoms in total. The molecule has 3 rings (SSSR count). The molecule has 0 saturated carbocycles. The summed E-state index contributed by atoms with van der Waals surface area (Å²) in [5.41, 5.74) is 5.02. The molecule has 0 bridgehead atoms. The smallest absolute Gasteiger partial charge is 0.333 e. The number of allylic oxidation sites excluding steroid dienone is 1. The Kier molecular flexibility index (Phi) is 9.32. The van der Waals surface area contributed by atoms with Gasteiger partial charge in [0.2, 0.25) is 0 Å². The topological polar surface area (TPSA) is 74.2 Å². The largest absolute Gasteiger partial charge is 0.496 e. The summed E-state index contributed by atoms with van der Waals surface area (Å²) in [6.07, 6.45) is 1.51. The molecule has 0 spiro atoms. The third-order valence-electron chi connectivity index (χ3n) is 5.68. The van der Waals surface area contributed by atoms with Gasteiger partial charge in [-0.05, 0) is 66.5 Å². The van der Waals surface area contributed by atoms with E-state index >= 15 is 0 Å². The monoisotopic (exact) mass is 476 g/mol. The number of aliphatic carboxylic acids is 1. The molecule has 1 N–H and O–H groups in total. The van der Waals surface area contributed by atoms with E-state index in [9.17, 15) is 9.90 Å². The lowest BCUT2D eigenvalue weighted by Crippen LogP contribution is -2.26. The first kappa shape index (κ1) is 25.8. The fourth-order valence-electron chi connectivity index (χ4n) is 3.77. The van der Waals surface area contributed by atoms with E-state index in [0.29, 0.717) is 19.6 Å². The van der Waals surface area contributed by atoms with Gasteiger partial charge in [0, 0.05) is 13.0 Å². The number of ether oxygens (including phenoxy) is 4. The lowest BCUT2D eigenvalue weighted by Gasteiger charge is -2.14. The Balaban J connectivity index is 1.62. The highest BCUT2D eigenvalue weighted by Gasteiger charge is 2.17. The van der Waals surface area contributed by atoms with Crippen LogP contribution in [-0.4, -0.2) is 44.6 Å². The number of rotatable bonds is 12. The molecule has 0 aromatic heterocycles. The van der Waals surface area contributed by atoms with E-state index in [0.717, 1.165) is 45.1 Å². The number of methoxy groups -OCH3 is 2. The minimum atomic E-state index is -0.956. The Bertz CT molecular complexity index is 1110. The summed E-state index contributed by atoms with van der Waals surface area (Å²) in [6, 6.07) is 21.4. The highest BCUT2D eigenvalue weighted by Crippen LogP contribution is 2.38. The number of carboxylic acids is 1. The van der Waals surface area contributed by atoms with Gasteiger partial charge in [-0.3, -0.25) is 0 Å². The van der Waals surface area contributed by atoms with Crippen molar-refractivity contribution in [3.63, 3.8) is 0 Å². The Morgan fingerprint density at radius 1 is 0.943 bits per heavy atom. The van der Waals surface area contributed by atoms with Crippen LogP contribution in [0.3, 0.4) is 0 Å². The second-order valence-electron chi connectivity index (χ2n) is 7.94. The van der Waals surface area contributed by atoms with E-state index in [2.05, 4.69) is 24.3 Å². The number of carboxylic acid groups (broad SMARTS) is 1.